The fourth-order valence-corrected chi connectivity index (χ4v) is 2.17. The molecule has 2 rings (SSSR count). The summed E-state index contributed by atoms with van der Waals surface area (Å²) in [7, 11) is 0. The molecule has 1 aliphatic heterocycles. The molecule has 0 N–H and O–H groups in total. The maximum absolute atomic E-state index is 13.4. The summed E-state index contributed by atoms with van der Waals surface area (Å²) in [5.74, 6) is -1.02. The van der Waals surface area contributed by atoms with E-state index in [9.17, 15) is 14.0 Å². The topological polar surface area (TPSA) is 46.6 Å². The third-order valence-electron chi connectivity index (χ3n) is 3.13. The van der Waals surface area contributed by atoms with E-state index in [1.807, 2.05) is 30.3 Å². The Bertz CT molecular complexity index is 438. The Kier molecular flexibility index (Phi) is 4.49. The van der Waals surface area contributed by atoms with E-state index < -0.39 is 18.1 Å². The van der Waals surface area contributed by atoms with Crippen LogP contribution in [0.25, 0.3) is 0 Å². The molecule has 0 saturated carbocycles. The number of halogens is 1. The van der Waals surface area contributed by atoms with Crippen LogP contribution in [0.4, 0.5) is 4.39 Å². The van der Waals surface area contributed by atoms with Crippen molar-refractivity contribution in [3.8, 4) is 0 Å². The largest absolute Gasteiger partial charge is 0.461 e. The van der Waals surface area contributed by atoms with Gasteiger partial charge in [0.25, 0.3) is 0 Å². The van der Waals surface area contributed by atoms with E-state index in [-0.39, 0.29) is 26.1 Å². The van der Waals surface area contributed by atoms with E-state index in [0.29, 0.717) is 6.41 Å². The summed E-state index contributed by atoms with van der Waals surface area (Å²) in [5, 5.41) is 0. The monoisotopic (exact) mass is 265 g/mol. The molecule has 1 aromatic rings. The van der Waals surface area contributed by atoms with Crippen LogP contribution in [0, 0.1) is 5.92 Å². The number of hydrogen-bond acceptors (Lipinski definition) is 3. The first-order chi connectivity index (χ1) is 9.19. The number of hydrogen-bond donors (Lipinski definition) is 0. The molecule has 1 saturated heterocycles. The van der Waals surface area contributed by atoms with E-state index in [0.717, 1.165) is 5.56 Å². The van der Waals surface area contributed by atoms with Crippen molar-refractivity contribution in [1.29, 1.82) is 0 Å². The van der Waals surface area contributed by atoms with Crippen molar-refractivity contribution < 1.29 is 18.7 Å². The summed E-state index contributed by atoms with van der Waals surface area (Å²) in [4.78, 5) is 23.8. The van der Waals surface area contributed by atoms with Crippen LogP contribution in [-0.4, -0.2) is 36.5 Å². The number of benzene rings is 1. The van der Waals surface area contributed by atoms with Gasteiger partial charge >= 0.3 is 5.97 Å². The number of esters is 1. The molecule has 1 fully saturated rings. The number of likely N-dealkylation sites (tertiary alicyclic amines) is 1. The van der Waals surface area contributed by atoms with Crippen LogP contribution in [0.3, 0.4) is 0 Å². The Labute approximate surface area is 111 Å². The predicted molar refractivity (Wildman–Crippen MR) is 66.9 cm³/mol. The normalized spacial score (nSPS) is 22.9. The lowest BCUT2D eigenvalue weighted by molar-refractivity contribution is -0.153. The number of carbonyl (C=O) groups excluding carboxylic acids is 2. The molecule has 2 atom stereocenters. The Morgan fingerprint density at radius 3 is 2.79 bits per heavy atom. The van der Waals surface area contributed by atoms with Crippen molar-refractivity contribution in [3.05, 3.63) is 35.9 Å². The average Bonchev–Trinajstić information content (AvgIpc) is 2.45. The highest BCUT2D eigenvalue weighted by atomic mass is 19.1. The zero-order chi connectivity index (χ0) is 13.7. The Morgan fingerprint density at radius 1 is 1.37 bits per heavy atom. The highest BCUT2D eigenvalue weighted by Gasteiger charge is 2.32. The summed E-state index contributed by atoms with van der Waals surface area (Å²) < 4.78 is 18.5. The van der Waals surface area contributed by atoms with Gasteiger partial charge in [0.1, 0.15) is 12.8 Å². The van der Waals surface area contributed by atoms with Crippen LogP contribution in [0.1, 0.15) is 12.0 Å². The lowest BCUT2D eigenvalue weighted by atomic mass is 9.97. The fourth-order valence-electron chi connectivity index (χ4n) is 2.17. The summed E-state index contributed by atoms with van der Waals surface area (Å²) in [5.41, 5.74) is 0.885. The van der Waals surface area contributed by atoms with Gasteiger partial charge in [-0.05, 0) is 12.0 Å². The molecule has 1 amide bonds. The number of piperidine rings is 1. The second-order valence-electron chi connectivity index (χ2n) is 4.68. The van der Waals surface area contributed by atoms with Crippen LogP contribution in [0.2, 0.25) is 0 Å². The molecule has 1 aliphatic rings. The van der Waals surface area contributed by atoms with E-state index in [1.165, 1.54) is 4.90 Å². The summed E-state index contributed by atoms with van der Waals surface area (Å²) >= 11 is 0. The van der Waals surface area contributed by atoms with E-state index >= 15 is 0 Å². The summed E-state index contributed by atoms with van der Waals surface area (Å²) in [6.07, 6.45) is -0.463. The Balaban J connectivity index is 1.87. The average molecular weight is 265 g/mol. The van der Waals surface area contributed by atoms with Gasteiger partial charge in [0.05, 0.1) is 12.5 Å². The molecule has 0 bridgehead atoms. The second kappa shape index (κ2) is 6.31. The number of nitrogens with zero attached hydrogens (tertiary/aromatic N) is 1. The van der Waals surface area contributed by atoms with Crippen molar-refractivity contribution in [2.75, 3.05) is 13.1 Å². The summed E-state index contributed by atoms with van der Waals surface area (Å²) in [6, 6.07) is 9.29. The minimum Gasteiger partial charge on any atom is -0.461 e. The highest BCUT2D eigenvalue weighted by Crippen LogP contribution is 2.20. The van der Waals surface area contributed by atoms with Crippen molar-refractivity contribution in [1.82, 2.24) is 4.90 Å². The van der Waals surface area contributed by atoms with Crippen LogP contribution in [0.5, 0.6) is 0 Å². The van der Waals surface area contributed by atoms with Gasteiger partial charge in [-0.25, -0.2) is 4.39 Å². The van der Waals surface area contributed by atoms with Gasteiger partial charge in [0.15, 0.2) is 0 Å². The lowest BCUT2D eigenvalue weighted by Gasteiger charge is -2.30. The SMILES string of the molecule is O=CN1C[C@@H](F)C[C@@H](C(=O)OCc2ccccc2)C1. The van der Waals surface area contributed by atoms with Crippen molar-refractivity contribution in [2.24, 2.45) is 5.92 Å². The molecule has 0 aromatic heterocycles. The fraction of sp³-hybridized carbons (Fsp3) is 0.429. The number of carbonyl (C=O) groups is 2. The molecule has 102 valence electrons. The lowest BCUT2D eigenvalue weighted by Crippen LogP contribution is -2.43. The summed E-state index contributed by atoms with van der Waals surface area (Å²) in [6.45, 7) is 0.470. The molecule has 4 nitrogen and oxygen atoms in total. The molecule has 0 aliphatic carbocycles. The standard InChI is InChI=1S/C14H16FNO3/c15-13-6-12(7-16(8-13)10-17)14(18)19-9-11-4-2-1-3-5-11/h1-5,10,12-13H,6-9H2/t12-,13+/m1/s1. The molecular weight excluding hydrogens is 249 g/mol. The van der Waals surface area contributed by atoms with Gasteiger partial charge in [-0.15, -0.1) is 0 Å². The number of amides is 1. The van der Waals surface area contributed by atoms with Gasteiger partial charge in [-0.1, -0.05) is 30.3 Å². The third-order valence-corrected chi connectivity index (χ3v) is 3.13. The van der Waals surface area contributed by atoms with Gasteiger partial charge < -0.3 is 9.64 Å². The number of ether oxygens (including phenoxy) is 1. The van der Waals surface area contributed by atoms with Crippen LogP contribution < -0.4 is 0 Å². The van der Waals surface area contributed by atoms with Crippen LogP contribution >= 0.6 is 0 Å². The van der Waals surface area contributed by atoms with Crippen molar-refractivity contribution >= 4 is 12.4 Å². The molecule has 0 spiro atoms. The van der Waals surface area contributed by atoms with Crippen LogP contribution in [-0.2, 0) is 20.9 Å². The van der Waals surface area contributed by atoms with E-state index in [2.05, 4.69) is 0 Å². The Hall–Kier alpha value is -1.91. The minimum absolute atomic E-state index is 0.0615. The van der Waals surface area contributed by atoms with Crippen molar-refractivity contribution in [3.63, 3.8) is 0 Å². The van der Waals surface area contributed by atoms with Crippen molar-refractivity contribution in [2.45, 2.75) is 19.2 Å². The number of alkyl halides is 1. The van der Waals surface area contributed by atoms with E-state index in [1.54, 1.807) is 0 Å². The quantitative estimate of drug-likeness (QED) is 0.613. The van der Waals surface area contributed by atoms with Gasteiger partial charge in [-0.2, -0.15) is 0 Å². The molecule has 0 unspecified atom stereocenters. The highest BCUT2D eigenvalue weighted by molar-refractivity contribution is 5.73. The first-order valence-corrected chi connectivity index (χ1v) is 6.23. The number of rotatable bonds is 4. The molecule has 1 heterocycles. The van der Waals surface area contributed by atoms with Gasteiger partial charge in [0, 0.05) is 6.54 Å². The zero-order valence-electron chi connectivity index (χ0n) is 10.5. The van der Waals surface area contributed by atoms with Gasteiger partial charge in [-0.3, -0.25) is 9.59 Å². The molecule has 5 heteroatoms. The smallest absolute Gasteiger partial charge is 0.311 e. The van der Waals surface area contributed by atoms with Gasteiger partial charge in [0.2, 0.25) is 6.41 Å². The first-order valence-electron chi connectivity index (χ1n) is 6.23. The first kappa shape index (κ1) is 13.5. The molecule has 0 radical (unpaired) electrons. The molecule has 19 heavy (non-hydrogen) atoms. The zero-order valence-corrected chi connectivity index (χ0v) is 10.5. The predicted octanol–water partition coefficient (Wildman–Crippen LogP) is 1.55. The Morgan fingerprint density at radius 2 is 2.11 bits per heavy atom. The maximum atomic E-state index is 13.4. The minimum atomic E-state index is -1.16. The molecule has 1 aromatic carbocycles. The maximum Gasteiger partial charge on any atom is 0.311 e. The third kappa shape index (κ3) is 3.77. The van der Waals surface area contributed by atoms with E-state index in [4.69, 9.17) is 4.74 Å². The van der Waals surface area contributed by atoms with Crippen LogP contribution in [0.15, 0.2) is 30.3 Å². The second-order valence-corrected chi connectivity index (χ2v) is 4.68. The molecular formula is C14H16FNO3.